The second-order valence-corrected chi connectivity index (χ2v) is 4.29. The minimum absolute atomic E-state index is 0.668. The summed E-state index contributed by atoms with van der Waals surface area (Å²) in [5, 5.41) is 11.8. The Hall–Kier alpha value is -0.780. The first-order chi connectivity index (χ1) is 6.79. The largest absolute Gasteiger partial charge is 0.382 e. The van der Waals surface area contributed by atoms with Crippen molar-refractivity contribution in [2.75, 3.05) is 0 Å². The number of aliphatic hydroxyl groups is 1. The maximum atomic E-state index is 9.95. The molecule has 2 aromatic rings. The Balaban J connectivity index is 2.37. The van der Waals surface area contributed by atoms with E-state index in [9.17, 15) is 5.11 Å². The van der Waals surface area contributed by atoms with Gasteiger partial charge in [-0.15, -0.1) is 11.3 Å². The number of rotatable bonds is 2. The molecular formula is C9H7BrN2OS. The van der Waals surface area contributed by atoms with Crippen molar-refractivity contribution in [3.63, 3.8) is 0 Å². The number of thiazole rings is 1. The average molecular weight is 271 g/mol. The van der Waals surface area contributed by atoms with Crippen LogP contribution in [0.3, 0.4) is 0 Å². The van der Waals surface area contributed by atoms with Gasteiger partial charge in [-0.1, -0.05) is 0 Å². The highest BCUT2D eigenvalue weighted by molar-refractivity contribution is 9.10. The number of pyridine rings is 1. The molecule has 0 bridgehead atoms. The summed E-state index contributed by atoms with van der Waals surface area (Å²) < 4.78 is 0.792. The molecule has 1 atom stereocenters. The van der Waals surface area contributed by atoms with Crippen molar-refractivity contribution in [3.8, 4) is 0 Å². The molecular weight excluding hydrogens is 264 g/mol. The van der Waals surface area contributed by atoms with Crippen molar-refractivity contribution in [1.82, 2.24) is 9.97 Å². The molecule has 0 aliphatic heterocycles. The lowest BCUT2D eigenvalue weighted by molar-refractivity contribution is 0.215. The van der Waals surface area contributed by atoms with Gasteiger partial charge in [0.05, 0.1) is 11.2 Å². The monoisotopic (exact) mass is 270 g/mol. The molecule has 0 spiro atoms. The van der Waals surface area contributed by atoms with Crippen LogP contribution in [0.2, 0.25) is 0 Å². The van der Waals surface area contributed by atoms with Crippen LogP contribution in [0.15, 0.2) is 33.8 Å². The molecule has 2 heterocycles. The minimum Gasteiger partial charge on any atom is -0.382 e. The first-order valence-corrected chi connectivity index (χ1v) is 5.68. The van der Waals surface area contributed by atoms with E-state index in [0.29, 0.717) is 5.69 Å². The molecule has 0 saturated carbocycles. The third kappa shape index (κ3) is 1.84. The Morgan fingerprint density at radius 2 is 2.36 bits per heavy atom. The van der Waals surface area contributed by atoms with E-state index in [0.717, 1.165) is 10.0 Å². The van der Waals surface area contributed by atoms with Crippen molar-refractivity contribution in [2.24, 2.45) is 0 Å². The molecule has 2 aromatic heterocycles. The van der Waals surface area contributed by atoms with E-state index in [1.807, 2.05) is 5.38 Å². The molecule has 0 radical (unpaired) electrons. The zero-order valence-electron chi connectivity index (χ0n) is 7.09. The van der Waals surface area contributed by atoms with Crippen LogP contribution in [0, 0.1) is 0 Å². The molecule has 3 nitrogen and oxygen atoms in total. The van der Waals surface area contributed by atoms with Crippen LogP contribution in [-0.4, -0.2) is 15.1 Å². The van der Waals surface area contributed by atoms with Crippen LogP contribution < -0.4 is 0 Å². The van der Waals surface area contributed by atoms with Crippen molar-refractivity contribution in [2.45, 2.75) is 6.10 Å². The second kappa shape index (κ2) is 4.16. The predicted molar refractivity (Wildman–Crippen MR) is 58.1 cm³/mol. The first kappa shape index (κ1) is 9.76. The Labute approximate surface area is 93.6 Å². The Morgan fingerprint density at radius 1 is 1.50 bits per heavy atom. The van der Waals surface area contributed by atoms with Gasteiger partial charge in [0, 0.05) is 27.8 Å². The topological polar surface area (TPSA) is 46.0 Å². The average Bonchev–Trinajstić information content (AvgIpc) is 2.70. The molecule has 0 aliphatic rings. The summed E-state index contributed by atoms with van der Waals surface area (Å²) in [7, 11) is 0. The minimum atomic E-state index is -0.682. The van der Waals surface area contributed by atoms with Crippen LogP contribution in [-0.2, 0) is 0 Å². The third-order valence-corrected chi connectivity index (χ3v) is 3.10. The lowest BCUT2D eigenvalue weighted by atomic mass is 10.1. The summed E-state index contributed by atoms with van der Waals surface area (Å²) >= 11 is 4.80. The summed E-state index contributed by atoms with van der Waals surface area (Å²) in [6, 6.07) is 1.77. The van der Waals surface area contributed by atoms with Crippen LogP contribution in [0.5, 0.6) is 0 Å². The van der Waals surface area contributed by atoms with Gasteiger partial charge in [-0.05, 0) is 22.0 Å². The summed E-state index contributed by atoms with van der Waals surface area (Å²) in [5.74, 6) is 0. The third-order valence-electron chi connectivity index (χ3n) is 1.83. The van der Waals surface area contributed by atoms with Gasteiger partial charge >= 0.3 is 0 Å². The van der Waals surface area contributed by atoms with Gasteiger partial charge in [-0.3, -0.25) is 4.98 Å². The summed E-state index contributed by atoms with van der Waals surface area (Å²) in [5.41, 5.74) is 3.15. The maximum absolute atomic E-state index is 9.95. The fourth-order valence-corrected chi connectivity index (χ4v) is 2.16. The Kier molecular flexibility index (Phi) is 2.90. The van der Waals surface area contributed by atoms with E-state index in [1.54, 1.807) is 24.0 Å². The number of halogens is 1. The SMILES string of the molecule is OC(c1cscn1)c1ccncc1Br. The van der Waals surface area contributed by atoms with Gasteiger partial charge < -0.3 is 5.11 Å². The van der Waals surface area contributed by atoms with E-state index in [2.05, 4.69) is 25.9 Å². The van der Waals surface area contributed by atoms with Crippen molar-refractivity contribution >= 4 is 27.3 Å². The van der Waals surface area contributed by atoms with Gasteiger partial charge in [0.2, 0.25) is 0 Å². The van der Waals surface area contributed by atoms with E-state index in [-0.39, 0.29) is 0 Å². The van der Waals surface area contributed by atoms with Crippen LogP contribution >= 0.6 is 27.3 Å². The smallest absolute Gasteiger partial charge is 0.123 e. The van der Waals surface area contributed by atoms with Crippen molar-refractivity contribution in [1.29, 1.82) is 0 Å². The van der Waals surface area contributed by atoms with E-state index >= 15 is 0 Å². The Morgan fingerprint density at radius 3 is 3.00 bits per heavy atom. The van der Waals surface area contributed by atoms with E-state index < -0.39 is 6.10 Å². The highest BCUT2D eigenvalue weighted by atomic mass is 79.9. The molecule has 0 amide bonds. The van der Waals surface area contributed by atoms with Gasteiger partial charge in [0.15, 0.2) is 0 Å². The van der Waals surface area contributed by atoms with Crippen molar-refractivity contribution in [3.05, 3.63) is 45.1 Å². The van der Waals surface area contributed by atoms with Gasteiger partial charge in [-0.2, -0.15) is 0 Å². The molecule has 5 heteroatoms. The molecule has 14 heavy (non-hydrogen) atoms. The Bertz CT molecular complexity index is 419. The highest BCUT2D eigenvalue weighted by Crippen LogP contribution is 2.27. The van der Waals surface area contributed by atoms with Crippen LogP contribution in [0.4, 0.5) is 0 Å². The van der Waals surface area contributed by atoms with E-state index in [4.69, 9.17) is 0 Å². The highest BCUT2D eigenvalue weighted by Gasteiger charge is 2.14. The second-order valence-electron chi connectivity index (χ2n) is 2.71. The number of nitrogens with zero attached hydrogens (tertiary/aromatic N) is 2. The lowest BCUT2D eigenvalue weighted by Gasteiger charge is -2.09. The maximum Gasteiger partial charge on any atom is 0.123 e. The van der Waals surface area contributed by atoms with E-state index in [1.165, 1.54) is 11.3 Å². The quantitative estimate of drug-likeness (QED) is 0.912. The molecule has 72 valence electrons. The summed E-state index contributed by atoms with van der Waals surface area (Å²) in [6.45, 7) is 0. The predicted octanol–water partition coefficient (Wildman–Crippen LogP) is 2.38. The lowest BCUT2D eigenvalue weighted by Crippen LogP contribution is -2.00. The number of aliphatic hydroxyl groups excluding tert-OH is 1. The molecule has 0 aliphatic carbocycles. The molecule has 0 fully saturated rings. The molecule has 1 unspecified atom stereocenters. The van der Waals surface area contributed by atoms with Gasteiger partial charge in [-0.25, -0.2) is 4.98 Å². The first-order valence-electron chi connectivity index (χ1n) is 3.94. The normalized spacial score (nSPS) is 12.7. The molecule has 0 saturated heterocycles. The molecule has 1 N–H and O–H groups in total. The standard InChI is InChI=1S/C9H7BrN2OS/c10-7-3-11-2-1-6(7)9(13)8-4-14-5-12-8/h1-5,9,13H. The number of aromatic nitrogens is 2. The number of hydrogen-bond donors (Lipinski definition) is 1. The fourth-order valence-electron chi connectivity index (χ4n) is 1.12. The zero-order valence-corrected chi connectivity index (χ0v) is 9.49. The van der Waals surface area contributed by atoms with Gasteiger partial charge in [0.25, 0.3) is 0 Å². The zero-order chi connectivity index (χ0) is 9.97. The fraction of sp³-hybridized carbons (Fsp3) is 0.111. The van der Waals surface area contributed by atoms with Gasteiger partial charge in [0.1, 0.15) is 6.10 Å². The molecule has 2 rings (SSSR count). The van der Waals surface area contributed by atoms with Crippen molar-refractivity contribution < 1.29 is 5.11 Å². The molecule has 0 aromatic carbocycles. The summed E-state index contributed by atoms with van der Waals surface area (Å²) in [6.07, 6.45) is 2.62. The van der Waals surface area contributed by atoms with Crippen LogP contribution in [0.25, 0.3) is 0 Å². The van der Waals surface area contributed by atoms with Crippen LogP contribution in [0.1, 0.15) is 17.4 Å². The summed E-state index contributed by atoms with van der Waals surface area (Å²) in [4.78, 5) is 7.99. The number of hydrogen-bond acceptors (Lipinski definition) is 4.